The van der Waals surface area contributed by atoms with Crippen LogP contribution in [-0.2, 0) is 13.1 Å². The molecule has 1 N–H and O–H groups in total. The van der Waals surface area contributed by atoms with E-state index in [-0.39, 0.29) is 12.3 Å². The van der Waals surface area contributed by atoms with E-state index in [1.807, 2.05) is 0 Å². The van der Waals surface area contributed by atoms with Gasteiger partial charge in [0.2, 0.25) is 0 Å². The van der Waals surface area contributed by atoms with Crippen molar-refractivity contribution in [3.05, 3.63) is 47.3 Å². The van der Waals surface area contributed by atoms with Crippen LogP contribution in [0.4, 0.5) is 13.2 Å². The molecule has 108 valence electrons. The second-order valence-electron chi connectivity index (χ2n) is 4.19. The Morgan fingerprint density at radius 3 is 2.65 bits per heavy atom. The molecule has 0 unspecified atom stereocenters. The van der Waals surface area contributed by atoms with Gasteiger partial charge in [0.1, 0.15) is 5.75 Å². The smallest absolute Gasteiger partial charge is 0.405 e. The number of hydrogen-bond acceptors (Lipinski definition) is 4. The lowest BCUT2D eigenvalue weighted by Crippen LogP contribution is -2.19. The molecule has 7 heteroatoms. The normalized spacial score (nSPS) is 11.6. The van der Waals surface area contributed by atoms with Gasteiger partial charge in [-0.1, -0.05) is 23.4 Å². The average molecular weight is 286 g/mol. The number of aromatic nitrogens is 1. The van der Waals surface area contributed by atoms with Crippen molar-refractivity contribution in [1.82, 2.24) is 10.5 Å². The summed E-state index contributed by atoms with van der Waals surface area (Å²) in [5.74, 6) is 0.415. The Balaban J connectivity index is 1.95. The number of ether oxygens (including phenoxy) is 1. The zero-order valence-electron chi connectivity index (χ0n) is 10.7. The van der Waals surface area contributed by atoms with Gasteiger partial charge in [-0.25, -0.2) is 0 Å². The first kappa shape index (κ1) is 14.4. The predicted octanol–water partition coefficient (Wildman–Crippen LogP) is 3.17. The number of aryl methyl sites for hydroxylation is 1. The molecule has 2 aromatic rings. The molecule has 0 aliphatic rings. The van der Waals surface area contributed by atoms with Crippen molar-refractivity contribution < 1.29 is 22.4 Å². The third-order valence-corrected chi connectivity index (χ3v) is 2.49. The van der Waals surface area contributed by atoms with Crippen LogP contribution >= 0.6 is 0 Å². The summed E-state index contributed by atoms with van der Waals surface area (Å²) in [5, 5.41) is 6.70. The molecule has 0 radical (unpaired) electrons. The fraction of sp³-hybridized carbons (Fsp3) is 0.308. The Morgan fingerprint density at radius 1 is 1.25 bits per heavy atom. The van der Waals surface area contributed by atoms with Gasteiger partial charge in [-0.15, -0.1) is 13.2 Å². The van der Waals surface area contributed by atoms with Gasteiger partial charge in [0.25, 0.3) is 0 Å². The lowest BCUT2D eigenvalue weighted by atomic mass is 10.2. The molecule has 0 atom stereocenters. The minimum Gasteiger partial charge on any atom is -0.405 e. The van der Waals surface area contributed by atoms with E-state index < -0.39 is 6.36 Å². The maximum absolute atomic E-state index is 12.2. The molecule has 0 aliphatic carbocycles. The van der Waals surface area contributed by atoms with Crippen LogP contribution in [0.25, 0.3) is 0 Å². The SMILES string of the molecule is Cc1cc(CNCc2ccccc2OC(F)(F)F)on1. The highest BCUT2D eigenvalue weighted by Crippen LogP contribution is 2.26. The molecule has 1 heterocycles. The lowest BCUT2D eigenvalue weighted by Gasteiger charge is -2.13. The molecule has 1 aromatic carbocycles. The standard InChI is InChI=1S/C13H13F3N2O2/c1-9-6-11(20-18-9)8-17-7-10-4-2-3-5-12(10)19-13(14,15)16/h2-6,17H,7-8H2,1H3. The quantitative estimate of drug-likeness (QED) is 0.917. The fourth-order valence-corrected chi connectivity index (χ4v) is 1.69. The number of nitrogens with zero attached hydrogens (tertiary/aromatic N) is 1. The van der Waals surface area contributed by atoms with Gasteiger partial charge in [0, 0.05) is 18.2 Å². The van der Waals surface area contributed by atoms with Crippen molar-refractivity contribution in [2.75, 3.05) is 0 Å². The molecule has 20 heavy (non-hydrogen) atoms. The summed E-state index contributed by atoms with van der Waals surface area (Å²) >= 11 is 0. The van der Waals surface area contributed by atoms with E-state index in [0.717, 1.165) is 5.69 Å². The van der Waals surface area contributed by atoms with Gasteiger partial charge >= 0.3 is 6.36 Å². The third kappa shape index (κ3) is 4.27. The number of alkyl halides is 3. The minimum atomic E-state index is -4.70. The zero-order valence-corrected chi connectivity index (χ0v) is 10.7. The van der Waals surface area contributed by atoms with Crippen LogP contribution < -0.4 is 10.1 Å². The molecule has 2 rings (SSSR count). The van der Waals surface area contributed by atoms with Gasteiger partial charge in [0.05, 0.1) is 12.2 Å². The molecule has 0 aliphatic heterocycles. The summed E-state index contributed by atoms with van der Waals surface area (Å²) in [6, 6.07) is 7.75. The summed E-state index contributed by atoms with van der Waals surface area (Å²) in [6.07, 6.45) is -4.70. The largest absolute Gasteiger partial charge is 0.573 e. The van der Waals surface area contributed by atoms with Crippen LogP contribution in [-0.4, -0.2) is 11.5 Å². The van der Waals surface area contributed by atoms with Gasteiger partial charge in [0.15, 0.2) is 5.76 Å². The van der Waals surface area contributed by atoms with Crippen LogP contribution in [0.3, 0.4) is 0 Å². The Kier molecular flexibility index (Phi) is 4.29. The first-order chi connectivity index (χ1) is 9.44. The van der Waals surface area contributed by atoms with Gasteiger partial charge in [-0.2, -0.15) is 0 Å². The minimum absolute atomic E-state index is 0.207. The predicted molar refractivity (Wildman–Crippen MR) is 64.9 cm³/mol. The van der Waals surface area contributed by atoms with Crippen LogP contribution in [0.2, 0.25) is 0 Å². The fourth-order valence-electron chi connectivity index (χ4n) is 1.69. The van der Waals surface area contributed by atoms with E-state index in [9.17, 15) is 13.2 Å². The number of benzene rings is 1. The molecular formula is C13H13F3N2O2. The lowest BCUT2D eigenvalue weighted by molar-refractivity contribution is -0.274. The Morgan fingerprint density at radius 2 is 2.00 bits per heavy atom. The van der Waals surface area contributed by atoms with Crippen molar-refractivity contribution in [2.24, 2.45) is 0 Å². The maximum atomic E-state index is 12.2. The molecule has 0 bridgehead atoms. The van der Waals surface area contributed by atoms with Gasteiger partial charge < -0.3 is 14.6 Å². The zero-order chi connectivity index (χ0) is 14.6. The van der Waals surface area contributed by atoms with Crippen molar-refractivity contribution in [2.45, 2.75) is 26.4 Å². The summed E-state index contributed by atoms with van der Waals surface area (Å²) in [5.41, 5.74) is 1.17. The summed E-state index contributed by atoms with van der Waals surface area (Å²) in [6.45, 7) is 2.40. The highest BCUT2D eigenvalue weighted by Gasteiger charge is 2.31. The molecule has 1 aromatic heterocycles. The molecule has 0 amide bonds. The van der Waals surface area contributed by atoms with Gasteiger partial charge in [-0.3, -0.25) is 0 Å². The molecule has 0 saturated heterocycles. The number of rotatable bonds is 5. The Labute approximate surface area is 113 Å². The van der Waals surface area contributed by atoms with E-state index in [4.69, 9.17) is 4.52 Å². The summed E-state index contributed by atoms with van der Waals surface area (Å²) < 4.78 is 45.7. The van der Waals surface area contributed by atoms with Crippen molar-refractivity contribution in [1.29, 1.82) is 0 Å². The second kappa shape index (κ2) is 5.96. The topological polar surface area (TPSA) is 47.3 Å². The molecular weight excluding hydrogens is 273 g/mol. The van der Waals surface area contributed by atoms with Crippen LogP contribution in [0.1, 0.15) is 17.0 Å². The third-order valence-electron chi connectivity index (χ3n) is 2.49. The summed E-state index contributed by atoms with van der Waals surface area (Å²) in [7, 11) is 0. The monoisotopic (exact) mass is 286 g/mol. The summed E-state index contributed by atoms with van der Waals surface area (Å²) in [4.78, 5) is 0. The van der Waals surface area contributed by atoms with Crippen LogP contribution in [0, 0.1) is 6.92 Å². The van der Waals surface area contributed by atoms with E-state index in [2.05, 4.69) is 15.2 Å². The highest BCUT2D eigenvalue weighted by atomic mass is 19.4. The van der Waals surface area contributed by atoms with Gasteiger partial charge in [-0.05, 0) is 13.0 Å². The molecule has 4 nitrogen and oxygen atoms in total. The van der Waals surface area contributed by atoms with Crippen LogP contribution in [0.15, 0.2) is 34.9 Å². The Hall–Kier alpha value is -2.02. The first-order valence-electron chi connectivity index (χ1n) is 5.90. The highest BCUT2D eigenvalue weighted by molar-refractivity contribution is 5.33. The molecule has 0 fully saturated rings. The number of para-hydroxylation sites is 1. The van der Waals surface area contributed by atoms with Crippen molar-refractivity contribution in [3.8, 4) is 5.75 Å². The van der Waals surface area contributed by atoms with E-state index in [1.165, 1.54) is 12.1 Å². The Bertz CT molecular complexity index is 567. The van der Waals surface area contributed by atoms with Crippen molar-refractivity contribution >= 4 is 0 Å². The van der Waals surface area contributed by atoms with Crippen molar-refractivity contribution in [3.63, 3.8) is 0 Å². The number of hydrogen-bond donors (Lipinski definition) is 1. The first-order valence-corrected chi connectivity index (χ1v) is 5.90. The molecule has 0 saturated carbocycles. The molecule has 0 spiro atoms. The number of nitrogens with one attached hydrogen (secondary N) is 1. The van der Waals surface area contributed by atoms with E-state index >= 15 is 0 Å². The van der Waals surface area contributed by atoms with Crippen LogP contribution in [0.5, 0.6) is 5.75 Å². The maximum Gasteiger partial charge on any atom is 0.573 e. The average Bonchev–Trinajstić information content (AvgIpc) is 2.75. The van der Waals surface area contributed by atoms with E-state index in [1.54, 1.807) is 25.1 Å². The number of halogens is 3. The second-order valence-corrected chi connectivity index (χ2v) is 4.19. The van der Waals surface area contributed by atoms with E-state index in [0.29, 0.717) is 17.9 Å².